The SMILES string of the molecule is CCOCc1nc2c(N)nc(C)c(C)c2n1CC1CCNCC1. The second-order valence-corrected chi connectivity index (χ2v) is 6.37. The number of nitrogens with one attached hydrogen (secondary N) is 1. The van der Waals surface area contributed by atoms with E-state index in [1.165, 1.54) is 18.4 Å². The average Bonchev–Trinajstić information content (AvgIpc) is 2.91. The van der Waals surface area contributed by atoms with E-state index in [0.29, 0.717) is 24.9 Å². The van der Waals surface area contributed by atoms with Crippen LogP contribution in [-0.4, -0.2) is 34.2 Å². The van der Waals surface area contributed by atoms with Crippen LogP contribution in [0.4, 0.5) is 5.82 Å². The molecule has 3 N–H and O–H groups in total. The molecule has 1 saturated heterocycles. The van der Waals surface area contributed by atoms with E-state index in [0.717, 1.165) is 42.2 Å². The van der Waals surface area contributed by atoms with Crippen LogP contribution < -0.4 is 11.1 Å². The number of hydrogen-bond acceptors (Lipinski definition) is 5. The van der Waals surface area contributed by atoms with Crippen LogP contribution in [-0.2, 0) is 17.9 Å². The highest BCUT2D eigenvalue weighted by atomic mass is 16.5. The second kappa shape index (κ2) is 6.84. The lowest BCUT2D eigenvalue weighted by atomic mass is 9.98. The molecule has 0 spiro atoms. The third-order valence-corrected chi connectivity index (χ3v) is 4.81. The van der Waals surface area contributed by atoms with Gasteiger partial charge >= 0.3 is 0 Å². The Morgan fingerprint density at radius 1 is 1.26 bits per heavy atom. The molecule has 1 aliphatic rings. The summed E-state index contributed by atoms with van der Waals surface area (Å²) in [6.45, 7) is 10.5. The molecule has 2 aromatic rings. The maximum Gasteiger partial charge on any atom is 0.151 e. The van der Waals surface area contributed by atoms with Gasteiger partial charge in [0.15, 0.2) is 5.82 Å². The molecule has 3 heterocycles. The number of pyridine rings is 1. The number of ether oxygens (including phenoxy) is 1. The van der Waals surface area contributed by atoms with Crippen molar-refractivity contribution in [1.29, 1.82) is 0 Å². The number of piperidine rings is 1. The lowest BCUT2D eigenvalue weighted by Crippen LogP contribution is -2.30. The molecule has 1 aliphatic heterocycles. The first-order valence-corrected chi connectivity index (χ1v) is 8.52. The number of aryl methyl sites for hydroxylation is 2. The largest absolute Gasteiger partial charge is 0.382 e. The summed E-state index contributed by atoms with van der Waals surface area (Å²) < 4.78 is 7.95. The monoisotopic (exact) mass is 317 g/mol. The van der Waals surface area contributed by atoms with Crippen molar-refractivity contribution in [2.24, 2.45) is 5.92 Å². The molecule has 0 unspecified atom stereocenters. The summed E-state index contributed by atoms with van der Waals surface area (Å²) in [6.07, 6.45) is 2.40. The summed E-state index contributed by atoms with van der Waals surface area (Å²) >= 11 is 0. The molecule has 0 aliphatic carbocycles. The van der Waals surface area contributed by atoms with E-state index in [-0.39, 0.29) is 0 Å². The lowest BCUT2D eigenvalue weighted by molar-refractivity contribution is 0.125. The van der Waals surface area contributed by atoms with Crippen LogP contribution in [0.15, 0.2) is 0 Å². The minimum atomic E-state index is 0.518. The van der Waals surface area contributed by atoms with Gasteiger partial charge in [0.1, 0.15) is 17.9 Å². The first-order valence-electron chi connectivity index (χ1n) is 8.52. The molecule has 3 rings (SSSR count). The summed E-state index contributed by atoms with van der Waals surface area (Å²) in [5.41, 5.74) is 10.2. The summed E-state index contributed by atoms with van der Waals surface area (Å²) in [5, 5.41) is 3.43. The van der Waals surface area contributed by atoms with Crippen molar-refractivity contribution in [2.45, 2.75) is 46.8 Å². The summed E-state index contributed by atoms with van der Waals surface area (Å²) in [6, 6.07) is 0. The Hall–Kier alpha value is -1.66. The average molecular weight is 317 g/mol. The van der Waals surface area contributed by atoms with Gasteiger partial charge < -0.3 is 20.4 Å². The number of hydrogen-bond donors (Lipinski definition) is 2. The molecule has 1 fully saturated rings. The van der Waals surface area contributed by atoms with Gasteiger partial charge in [-0.2, -0.15) is 0 Å². The van der Waals surface area contributed by atoms with E-state index in [1.54, 1.807) is 0 Å². The number of aromatic nitrogens is 3. The van der Waals surface area contributed by atoms with Crippen molar-refractivity contribution in [3.8, 4) is 0 Å². The number of nitrogen functional groups attached to an aromatic ring is 1. The van der Waals surface area contributed by atoms with Crippen molar-refractivity contribution in [3.05, 3.63) is 17.1 Å². The number of nitrogens with two attached hydrogens (primary N) is 1. The minimum Gasteiger partial charge on any atom is -0.382 e. The topological polar surface area (TPSA) is 78.0 Å². The first kappa shape index (κ1) is 16.2. The molecule has 23 heavy (non-hydrogen) atoms. The summed E-state index contributed by atoms with van der Waals surface area (Å²) in [7, 11) is 0. The highest BCUT2D eigenvalue weighted by molar-refractivity contribution is 5.88. The molecule has 0 amide bonds. The van der Waals surface area contributed by atoms with E-state index in [2.05, 4.69) is 21.8 Å². The molecule has 0 radical (unpaired) electrons. The molecule has 2 aromatic heterocycles. The van der Waals surface area contributed by atoms with Gasteiger partial charge in [-0.25, -0.2) is 9.97 Å². The van der Waals surface area contributed by atoms with Crippen molar-refractivity contribution in [3.63, 3.8) is 0 Å². The third-order valence-electron chi connectivity index (χ3n) is 4.81. The standard InChI is InChI=1S/C17H27N5O/c1-4-23-10-14-21-15-16(11(2)12(3)20-17(15)18)22(14)9-13-5-7-19-8-6-13/h13,19H,4-10H2,1-3H3,(H2,18,20). The molecule has 6 nitrogen and oxygen atoms in total. The molecule has 0 saturated carbocycles. The highest BCUT2D eigenvalue weighted by Crippen LogP contribution is 2.28. The zero-order valence-electron chi connectivity index (χ0n) is 14.4. The predicted octanol–water partition coefficient (Wildman–Crippen LogP) is 2.17. The van der Waals surface area contributed by atoms with Gasteiger partial charge in [0, 0.05) is 18.8 Å². The number of imidazole rings is 1. The van der Waals surface area contributed by atoms with Crippen LogP contribution in [0.5, 0.6) is 0 Å². The van der Waals surface area contributed by atoms with Crippen LogP contribution in [0.25, 0.3) is 11.0 Å². The normalized spacial score (nSPS) is 16.3. The fourth-order valence-electron chi connectivity index (χ4n) is 3.37. The van der Waals surface area contributed by atoms with E-state index in [1.807, 2.05) is 13.8 Å². The van der Waals surface area contributed by atoms with Gasteiger partial charge in [-0.3, -0.25) is 0 Å². The van der Waals surface area contributed by atoms with Crippen LogP contribution in [0.1, 0.15) is 36.8 Å². The summed E-state index contributed by atoms with van der Waals surface area (Å²) in [4.78, 5) is 9.19. The van der Waals surface area contributed by atoms with Gasteiger partial charge in [-0.05, 0) is 58.2 Å². The van der Waals surface area contributed by atoms with Crippen molar-refractivity contribution in [2.75, 3.05) is 25.4 Å². The fraction of sp³-hybridized carbons (Fsp3) is 0.647. The van der Waals surface area contributed by atoms with Gasteiger partial charge in [-0.15, -0.1) is 0 Å². The number of anilines is 1. The Kier molecular flexibility index (Phi) is 4.82. The van der Waals surface area contributed by atoms with Crippen LogP contribution in [0, 0.1) is 19.8 Å². The predicted molar refractivity (Wildman–Crippen MR) is 92.3 cm³/mol. The maximum atomic E-state index is 6.13. The van der Waals surface area contributed by atoms with Gasteiger partial charge in [0.2, 0.25) is 0 Å². The summed E-state index contributed by atoms with van der Waals surface area (Å²) in [5.74, 6) is 2.15. The Morgan fingerprint density at radius 2 is 2.00 bits per heavy atom. The highest BCUT2D eigenvalue weighted by Gasteiger charge is 2.21. The van der Waals surface area contributed by atoms with Gasteiger partial charge in [-0.1, -0.05) is 0 Å². The zero-order valence-corrected chi connectivity index (χ0v) is 14.4. The van der Waals surface area contributed by atoms with Crippen LogP contribution >= 0.6 is 0 Å². The molecule has 0 bridgehead atoms. The number of fused-ring (bicyclic) bond motifs is 1. The molecular formula is C17H27N5O. The molecule has 0 aromatic carbocycles. The Labute approximate surface area is 137 Å². The fourth-order valence-corrected chi connectivity index (χ4v) is 3.37. The smallest absolute Gasteiger partial charge is 0.151 e. The Morgan fingerprint density at radius 3 is 2.70 bits per heavy atom. The lowest BCUT2D eigenvalue weighted by Gasteiger charge is -2.24. The third kappa shape index (κ3) is 3.19. The Balaban J connectivity index is 2.06. The molecule has 6 heteroatoms. The second-order valence-electron chi connectivity index (χ2n) is 6.37. The first-order chi connectivity index (χ1) is 11.1. The zero-order chi connectivity index (χ0) is 16.4. The van der Waals surface area contributed by atoms with Crippen LogP contribution in [0.3, 0.4) is 0 Å². The minimum absolute atomic E-state index is 0.518. The maximum absolute atomic E-state index is 6.13. The van der Waals surface area contributed by atoms with E-state index in [4.69, 9.17) is 15.5 Å². The number of nitrogens with zero attached hydrogens (tertiary/aromatic N) is 3. The van der Waals surface area contributed by atoms with E-state index < -0.39 is 0 Å². The van der Waals surface area contributed by atoms with E-state index in [9.17, 15) is 0 Å². The van der Waals surface area contributed by atoms with Crippen molar-refractivity contribution < 1.29 is 4.74 Å². The Bertz CT molecular complexity index is 688. The molecule has 126 valence electrons. The van der Waals surface area contributed by atoms with E-state index >= 15 is 0 Å². The molecular weight excluding hydrogens is 290 g/mol. The molecule has 0 atom stereocenters. The number of rotatable bonds is 5. The van der Waals surface area contributed by atoms with Crippen LogP contribution in [0.2, 0.25) is 0 Å². The van der Waals surface area contributed by atoms with Crippen molar-refractivity contribution >= 4 is 16.9 Å². The van der Waals surface area contributed by atoms with Gasteiger partial charge in [0.05, 0.1) is 5.52 Å². The van der Waals surface area contributed by atoms with Crippen molar-refractivity contribution in [1.82, 2.24) is 19.9 Å². The van der Waals surface area contributed by atoms with Gasteiger partial charge in [0.25, 0.3) is 0 Å². The quantitative estimate of drug-likeness (QED) is 0.883.